The largest absolute Gasteiger partial charge is 0.419 e. The molecular weight excluding hydrogens is 288 g/mol. The predicted octanol–water partition coefficient (Wildman–Crippen LogP) is 2.41. The second-order valence-electron chi connectivity index (χ2n) is 5.29. The van der Waals surface area contributed by atoms with E-state index in [0.717, 1.165) is 31.5 Å². The molecule has 0 bridgehead atoms. The average Bonchev–Trinajstić information content (AvgIpc) is 3.16. The molecule has 1 saturated carbocycles. The smallest absolute Gasteiger partial charge is 0.369 e. The Bertz CT molecular complexity index is 526. The Kier molecular flexibility index (Phi) is 4.51. The lowest BCUT2D eigenvalue weighted by Gasteiger charge is -2.16. The number of halogens is 4. The highest BCUT2D eigenvalue weighted by Crippen LogP contribution is 2.32. The fourth-order valence-electron chi connectivity index (χ4n) is 2.11. The fraction of sp³-hybridized carbons (Fsp3) is 0.500. The summed E-state index contributed by atoms with van der Waals surface area (Å²) in [6.07, 6.45) is -2.50. The van der Waals surface area contributed by atoms with E-state index < -0.39 is 29.4 Å². The van der Waals surface area contributed by atoms with Crippen molar-refractivity contribution >= 4 is 5.91 Å². The van der Waals surface area contributed by atoms with Crippen LogP contribution in [-0.4, -0.2) is 19.0 Å². The minimum atomic E-state index is -4.75. The standard InChI is InChI=1S/C14H16F4N2O/c15-12-5-9(3-4-11(12)14(16,17)18)10(13(19)21)7-20-6-8-1-2-8/h3-5,8,10,20H,1-2,6-7H2,(H2,19,21)/t10-/m1/s1. The van der Waals surface area contributed by atoms with Gasteiger partial charge >= 0.3 is 6.18 Å². The highest BCUT2D eigenvalue weighted by Gasteiger charge is 2.34. The van der Waals surface area contributed by atoms with Crippen molar-refractivity contribution in [3.05, 3.63) is 35.1 Å². The predicted molar refractivity (Wildman–Crippen MR) is 68.9 cm³/mol. The maximum absolute atomic E-state index is 13.5. The Morgan fingerprint density at radius 3 is 2.52 bits per heavy atom. The lowest BCUT2D eigenvalue weighted by atomic mass is 9.96. The van der Waals surface area contributed by atoms with Gasteiger partial charge in [-0.1, -0.05) is 6.07 Å². The first-order valence-electron chi connectivity index (χ1n) is 6.65. The lowest BCUT2D eigenvalue weighted by Crippen LogP contribution is -2.32. The van der Waals surface area contributed by atoms with Gasteiger partial charge in [0.15, 0.2) is 0 Å². The van der Waals surface area contributed by atoms with Crippen LogP contribution in [0.2, 0.25) is 0 Å². The van der Waals surface area contributed by atoms with Gasteiger partial charge in [-0.25, -0.2) is 4.39 Å². The third-order valence-corrected chi connectivity index (χ3v) is 3.52. The molecule has 2 rings (SSSR count). The van der Waals surface area contributed by atoms with E-state index in [1.165, 1.54) is 0 Å². The molecule has 1 aromatic rings. The van der Waals surface area contributed by atoms with E-state index in [0.29, 0.717) is 12.0 Å². The SMILES string of the molecule is NC(=O)[C@H](CNCC1CC1)c1ccc(C(F)(F)F)c(F)c1. The molecule has 0 unspecified atom stereocenters. The Labute approximate surface area is 119 Å². The molecule has 3 N–H and O–H groups in total. The molecule has 1 aliphatic rings. The normalized spacial score (nSPS) is 16.8. The van der Waals surface area contributed by atoms with E-state index in [4.69, 9.17) is 5.73 Å². The zero-order valence-electron chi connectivity index (χ0n) is 11.2. The van der Waals surface area contributed by atoms with E-state index in [9.17, 15) is 22.4 Å². The van der Waals surface area contributed by atoms with Crippen LogP contribution in [0.15, 0.2) is 18.2 Å². The Hall–Kier alpha value is -1.63. The molecule has 0 saturated heterocycles. The van der Waals surface area contributed by atoms with Crippen LogP contribution in [0, 0.1) is 11.7 Å². The first-order chi connectivity index (χ1) is 9.79. The Morgan fingerprint density at radius 2 is 2.05 bits per heavy atom. The molecule has 7 heteroatoms. The summed E-state index contributed by atoms with van der Waals surface area (Å²) in [6, 6.07) is 2.47. The number of alkyl halides is 3. The number of hydrogen-bond donors (Lipinski definition) is 2. The van der Waals surface area contributed by atoms with Gasteiger partial charge in [-0.2, -0.15) is 13.2 Å². The second kappa shape index (κ2) is 6.01. The van der Waals surface area contributed by atoms with Crippen LogP contribution in [0.25, 0.3) is 0 Å². The van der Waals surface area contributed by atoms with Crippen molar-refractivity contribution in [1.29, 1.82) is 0 Å². The molecule has 1 aliphatic carbocycles. The van der Waals surface area contributed by atoms with Gasteiger partial charge in [0.1, 0.15) is 5.82 Å². The summed E-state index contributed by atoms with van der Waals surface area (Å²) in [5.41, 5.74) is 4.05. The van der Waals surface area contributed by atoms with Gasteiger partial charge in [-0.15, -0.1) is 0 Å². The molecule has 1 aromatic carbocycles. The van der Waals surface area contributed by atoms with Crippen LogP contribution >= 0.6 is 0 Å². The van der Waals surface area contributed by atoms with Crippen molar-refractivity contribution in [2.45, 2.75) is 24.9 Å². The molecule has 0 spiro atoms. The second-order valence-corrected chi connectivity index (χ2v) is 5.29. The molecule has 0 heterocycles. The average molecular weight is 304 g/mol. The van der Waals surface area contributed by atoms with Gasteiger partial charge in [-0.05, 0) is 43.0 Å². The monoisotopic (exact) mass is 304 g/mol. The molecule has 0 radical (unpaired) electrons. The van der Waals surface area contributed by atoms with E-state index in [1.807, 2.05) is 0 Å². The first kappa shape index (κ1) is 15.8. The summed E-state index contributed by atoms with van der Waals surface area (Å²) >= 11 is 0. The fourth-order valence-corrected chi connectivity index (χ4v) is 2.11. The van der Waals surface area contributed by atoms with Crippen molar-refractivity contribution < 1.29 is 22.4 Å². The number of rotatable bonds is 6. The molecule has 21 heavy (non-hydrogen) atoms. The van der Waals surface area contributed by atoms with Crippen molar-refractivity contribution in [1.82, 2.24) is 5.32 Å². The third-order valence-electron chi connectivity index (χ3n) is 3.52. The van der Waals surface area contributed by atoms with E-state index in [-0.39, 0.29) is 12.1 Å². The Morgan fingerprint density at radius 1 is 1.38 bits per heavy atom. The number of carbonyl (C=O) groups is 1. The molecule has 1 fully saturated rings. The van der Waals surface area contributed by atoms with Gasteiger partial charge in [0.25, 0.3) is 0 Å². The van der Waals surface area contributed by atoms with Gasteiger partial charge in [0.2, 0.25) is 5.91 Å². The quantitative estimate of drug-likeness (QED) is 0.793. The number of nitrogens with two attached hydrogens (primary N) is 1. The number of nitrogens with one attached hydrogen (secondary N) is 1. The maximum atomic E-state index is 13.5. The molecule has 1 amide bonds. The molecule has 0 aromatic heterocycles. The summed E-state index contributed by atoms with van der Waals surface area (Å²) < 4.78 is 51.0. The number of amides is 1. The maximum Gasteiger partial charge on any atom is 0.419 e. The van der Waals surface area contributed by atoms with Crippen LogP contribution in [0.3, 0.4) is 0 Å². The zero-order chi connectivity index (χ0) is 15.6. The van der Waals surface area contributed by atoms with E-state index in [1.54, 1.807) is 0 Å². The minimum absolute atomic E-state index is 0.149. The molecular formula is C14H16F4N2O. The highest BCUT2D eigenvalue weighted by molar-refractivity contribution is 5.82. The molecule has 3 nitrogen and oxygen atoms in total. The summed E-state index contributed by atoms with van der Waals surface area (Å²) in [4.78, 5) is 11.4. The summed E-state index contributed by atoms with van der Waals surface area (Å²) in [5.74, 6) is -2.35. The van der Waals surface area contributed by atoms with Crippen LogP contribution in [0.5, 0.6) is 0 Å². The zero-order valence-corrected chi connectivity index (χ0v) is 11.2. The Balaban J connectivity index is 2.11. The number of benzene rings is 1. The van der Waals surface area contributed by atoms with E-state index in [2.05, 4.69) is 5.32 Å². The van der Waals surface area contributed by atoms with Crippen molar-refractivity contribution in [3.63, 3.8) is 0 Å². The highest BCUT2D eigenvalue weighted by atomic mass is 19.4. The number of hydrogen-bond acceptors (Lipinski definition) is 2. The van der Waals surface area contributed by atoms with Crippen molar-refractivity contribution in [2.24, 2.45) is 11.7 Å². The van der Waals surface area contributed by atoms with Gasteiger partial charge in [0.05, 0.1) is 11.5 Å². The van der Waals surface area contributed by atoms with Gasteiger partial charge in [-0.3, -0.25) is 4.79 Å². The molecule has 116 valence electrons. The van der Waals surface area contributed by atoms with Crippen molar-refractivity contribution in [2.75, 3.05) is 13.1 Å². The summed E-state index contributed by atoms with van der Waals surface area (Å²) in [5, 5.41) is 3.05. The van der Waals surface area contributed by atoms with Crippen LogP contribution in [0.1, 0.15) is 29.9 Å². The van der Waals surface area contributed by atoms with Crippen molar-refractivity contribution in [3.8, 4) is 0 Å². The number of primary amides is 1. The lowest BCUT2D eigenvalue weighted by molar-refractivity contribution is -0.140. The van der Waals surface area contributed by atoms with Crippen LogP contribution in [0.4, 0.5) is 17.6 Å². The van der Waals surface area contributed by atoms with Gasteiger partial charge < -0.3 is 11.1 Å². The molecule has 1 atom stereocenters. The minimum Gasteiger partial charge on any atom is -0.369 e. The van der Waals surface area contributed by atoms with E-state index >= 15 is 0 Å². The third kappa shape index (κ3) is 4.17. The summed E-state index contributed by atoms with van der Waals surface area (Å²) in [6.45, 7) is 0.920. The number of carbonyl (C=O) groups excluding carboxylic acids is 1. The van der Waals surface area contributed by atoms with Crippen LogP contribution < -0.4 is 11.1 Å². The first-order valence-corrected chi connectivity index (χ1v) is 6.65. The molecule has 0 aliphatic heterocycles. The van der Waals surface area contributed by atoms with Gasteiger partial charge in [0, 0.05) is 6.54 Å². The summed E-state index contributed by atoms with van der Waals surface area (Å²) in [7, 11) is 0. The topological polar surface area (TPSA) is 55.1 Å². The van der Waals surface area contributed by atoms with Crippen LogP contribution in [-0.2, 0) is 11.0 Å².